The first-order valence-corrected chi connectivity index (χ1v) is 7.98. The maximum Gasteiger partial charge on any atom is 0.258 e. The zero-order chi connectivity index (χ0) is 16.6. The molecule has 0 spiro atoms. The molecule has 2 aromatic heterocycles. The summed E-state index contributed by atoms with van der Waals surface area (Å²) in [5, 5.41) is 0. The Hall–Kier alpha value is -2.08. The lowest BCUT2D eigenvalue weighted by atomic mass is 10.1. The molecule has 0 aliphatic carbocycles. The molecule has 2 aromatic rings. The van der Waals surface area contributed by atoms with E-state index in [1.54, 1.807) is 19.4 Å². The lowest BCUT2D eigenvalue weighted by Crippen LogP contribution is -2.32. The highest BCUT2D eigenvalue weighted by atomic mass is 16.5. The van der Waals surface area contributed by atoms with Crippen LogP contribution in [-0.2, 0) is 11.2 Å². The molecule has 3 heterocycles. The zero-order valence-electron chi connectivity index (χ0n) is 14.0. The van der Waals surface area contributed by atoms with Crippen LogP contribution in [0.25, 0.3) is 0 Å². The Bertz CT molecular complexity index is 684. The number of imidazole rings is 1. The van der Waals surface area contributed by atoms with Crippen molar-refractivity contribution in [2.45, 2.75) is 45.8 Å². The number of carbonyl (C=O) groups is 1. The van der Waals surface area contributed by atoms with E-state index in [2.05, 4.69) is 9.97 Å². The number of rotatable bonds is 4. The zero-order valence-corrected chi connectivity index (χ0v) is 14.0. The summed E-state index contributed by atoms with van der Waals surface area (Å²) < 4.78 is 10.9. The van der Waals surface area contributed by atoms with Crippen molar-refractivity contribution in [1.82, 2.24) is 14.9 Å². The number of likely N-dealkylation sites (tertiary alicyclic amines) is 1. The number of aryl methyl sites for hydroxylation is 3. The number of aromatic nitrogens is 2. The quantitative estimate of drug-likeness (QED) is 0.941. The van der Waals surface area contributed by atoms with Crippen molar-refractivity contribution in [1.29, 1.82) is 0 Å². The summed E-state index contributed by atoms with van der Waals surface area (Å²) in [6, 6.07) is 1.65. The first-order valence-electron chi connectivity index (χ1n) is 7.98. The predicted molar refractivity (Wildman–Crippen MR) is 85.3 cm³/mol. The highest BCUT2D eigenvalue weighted by molar-refractivity contribution is 5.95. The Labute approximate surface area is 135 Å². The van der Waals surface area contributed by atoms with Crippen LogP contribution >= 0.6 is 0 Å². The predicted octanol–water partition coefficient (Wildman–Crippen LogP) is 2.78. The molecular weight excluding hydrogens is 294 g/mol. The summed E-state index contributed by atoms with van der Waals surface area (Å²) in [5.41, 5.74) is 2.63. The minimum absolute atomic E-state index is 0.0200. The molecule has 124 valence electrons. The Morgan fingerprint density at radius 2 is 2.30 bits per heavy atom. The van der Waals surface area contributed by atoms with E-state index in [4.69, 9.17) is 9.15 Å². The maximum absolute atomic E-state index is 13.0. The molecule has 1 aliphatic heterocycles. The average molecular weight is 317 g/mol. The van der Waals surface area contributed by atoms with Gasteiger partial charge in [0.15, 0.2) is 0 Å². The van der Waals surface area contributed by atoms with Crippen LogP contribution in [0.5, 0.6) is 0 Å². The summed E-state index contributed by atoms with van der Waals surface area (Å²) in [5.74, 6) is 1.53. The van der Waals surface area contributed by atoms with Crippen LogP contribution in [0.15, 0.2) is 16.7 Å². The van der Waals surface area contributed by atoms with E-state index in [-0.39, 0.29) is 18.1 Å². The van der Waals surface area contributed by atoms with Crippen LogP contribution in [0.1, 0.15) is 52.7 Å². The van der Waals surface area contributed by atoms with Gasteiger partial charge in [-0.3, -0.25) is 4.79 Å². The second-order valence-electron chi connectivity index (χ2n) is 6.01. The fraction of sp³-hybridized carbons (Fsp3) is 0.529. The van der Waals surface area contributed by atoms with Crippen LogP contribution in [0.3, 0.4) is 0 Å². The van der Waals surface area contributed by atoms with Gasteiger partial charge in [-0.1, -0.05) is 6.92 Å². The SMILES string of the molecule is CCc1occc1C(=O)N1C[C@H](OC)C[C@H]1c1nc(C)c(C)[nH]1. The number of ether oxygens (including phenoxy) is 1. The summed E-state index contributed by atoms with van der Waals surface area (Å²) >= 11 is 0. The van der Waals surface area contributed by atoms with Gasteiger partial charge in [0.1, 0.15) is 11.6 Å². The maximum atomic E-state index is 13.0. The smallest absolute Gasteiger partial charge is 0.258 e. The fourth-order valence-corrected chi connectivity index (χ4v) is 3.14. The second-order valence-corrected chi connectivity index (χ2v) is 6.01. The highest BCUT2D eigenvalue weighted by Crippen LogP contribution is 2.34. The molecule has 1 saturated heterocycles. The Kier molecular flexibility index (Phi) is 4.26. The molecule has 23 heavy (non-hydrogen) atoms. The molecule has 1 aliphatic rings. The van der Waals surface area contributed by atoms with Gasteiger partial charge in [0, 0.05) is 32.2 Å². The van der Waals surface area contributed by atoms with Crippen LogP contribution in [0, 0.1) is 13.8 Å². The van der Waals surface area contributed by atoms with E-state index in [9.17, 15) is 4.79 Å². The normalized spacial score (nSPS) is 21.1. The summed E-state index contributed by atoms with van der Waals surface area (Å²) in [6.07, 6.45) is 3.03. The number of nitrogens with zero attached hydrogens (tertiary/aromatic N) is 2. The molecule has 1 fully saturated rings. The molecular formula is C17H23N3O3. The lowest BCUT2D eigenvalue weighted by molar-refractivity contribution is 0.0682. The molecule has 6 nitrogen and oxygen atoms in total. The van der Waals surface area contributed by atoms with Gasteiger partial charge in [-0.05, 0) is 19.9 Å². The molecule has 0 unspecified atom stereocenters. The molecule has 6 heteroatoms. The number of methoxy groups -OCH3 is 1. The standard InChI is InChI=1S/C17H23N3O3/c1-5-15-13(6-7-23-15)17(21)20-9-12(22-4)8-14(20)16-18-10(2)11(3)19-16/h6-7,12,14H,5,8-9H2,1-4H3,(H,18,19)/t12-,14+/m1/s1. The molecule has 1 amide bonds. The monoisotopic (exact) mass is 317 g/mol. The molecule has 0 saturated carbocycles. The first kappa shape index (κ1) is 15.8. The highest BCUT2D eigenvalue weighted by Gasteiger charge is 2.39. The van der Waals surface area contributed by atoms with E-state index < -0.39 is 0 Å². The molecule has 0 radical (unpaired) electrons. The molecule has 2 atom stereocenters. The van der Waals surface area contributed by atoms with E-state index in [0.29, 0.717) is 18.5 Å². The number of H-pyrrole nitrogens is 1. The number of hydrogen-bond acceptors (Lipinski definition) is 4. The van der Waals surface area contributed by atoms with E-state index in [1.807, 2.05) is 25.7 Å². The van der Waals surface area contributed by atoms with Crippen LogP contribution in [0.4, 0.5) is 0 Å². The van der Waals surface area contributed by atoms with Crippen molar-refractivity contribution in [3.8, 4) is 0 Å². The minimum Gasteiger partial charge on any atom is -0.469 e. The lowest BCUT2D eigenvalue weighted by Gasteiger charge is -2.22. The van der Waals surface area contributed by atoms with Crippen molar-refractivity contribution in [3.63, 3.8) is 0 Å². The third-order valence-corrected chi connectivity index (χ3v) is 4.62. The van der Waals surface area contributed by atoms with Gasteiger partial charge in [-0.2, -0.15) is 0 Å². The van der Waals surface area contributed by atoms with Gasteiger partial charge in [-0.15, -0.1) is 0 Å². The van der Waals surface area contributed by atoms with Crippen molar-refractivity contribution >= 4 is 5.91 Å². The fourth-order valence-electron chi connectivity index (χ4n) is 3.14. The van der Waals surface area contributed by atoms with Gasteiger partial charge >= 0.3 is 0 Å². The van der Waals surface area contributed by atoms with Gasteiger partial charge < -0.3 is 19.0 Å². The molecule has 0 bridgehead atoms. The van der Waals surface area contributed by atoms with E-state index in [1.165, 1.54) is 0 Å². The average Bonchev–Trinajstić information content (AvgIpc) is 3.25. The number of nitrogens with one attached hydrogen (secondary N) is 1. The molecule has 1 N–H and O–H groups in total. The summed E-state index contributed by atoms with van der Waals surface area (Å²) in [6.45, 7) is 6.50. The Balaban J connectivity index is 1.93. The number of carbonyl (C=O) groups excluding carboxylic acids is 1. The number of furan rings is 1. The largest absolute Gasteiger partial charge is 0.469 e. The summed E-state index contributed by atoms with van der Waals surface area (Å²) in [4.78, 5) is 22.7. The molecule has 3 rings (SSSR count). The van der Waals surface area contributed by atoms with Gasteiger partial charge in [0.05, 0.1) is 29.7 Å². The van der Waals surface area contributed by atoms with Crippen LogP contribution in [0.2, 0.25) is 0 Å². The van der Waals surface area contributed by atoms with E-state index in [0.717, 1.165) is 29.4 Å². The van der Waals surface area contributed by atoms with Crippen molar-refractivity contribution < 1.29 is 13.9 Å². The number of hydrogen-bond donors (Lipinski definition) is 1. The van der Waals surface area contributed by atoms with Crippen LogP contribution in [-0.4, -0.2) is 40.5 Å². The minimum atomic E-state index is -0.0977. The Morgan fingerprint density at radius 1 is 1.52 bits per heavy atom. The van der Waals surface area contributed by atoms with Gasteiger partial charge in [0.25, 0.3) is 5.91 Å². The van der Waals surface area contributed by atoms with Crippen molar-refractivity contribution in [3.05, 3.63) is 40.9 Å². The topological polar surface area (TPSA) is 71.4 Å². The Morgan fingerprint density at radius 3 is 2.91 bits per heavy atom. The van der Waals surface area contributed by atoms with Crippen molar-refractivity contribution in [2.75, 3.05) is 13.7 Å². The van der Waals surface area contributed by atoms with Crippen LogP contribution < -0.4 is 0 Å². The molecule has 0 aromatic carbocycles. The van der Waals surface area contributed by atoms with Gasteiger partial charge in [0.2, 0.25) is 0 Å². The number of amides is 1. The third kappa shape index (κ3) is 2.79. The van der Waals surface area contributed by atoms with E-state index >= 15 is 0 Å². The first-order chi connectivity index (χ1) is 11.0. The van der Waals surface area contributed by atoms with Gasteiger partial charge in [-0.25, -0.2) is 4.98 Å². The second kappa shape index (κ2) is 6.20. The number of aromatic amines is 1. The van der Waals surface area contributed by atoms with Crippen molar-refractivity contribution in [2.24, 2.45) is 0 Å². The third-order valence-electron chi connectivity index (χ3n) is 4.62. The summed E-state index contributed by atoms with van der Waals surface area (Å²) in [7, 11) is 1.68.